The van der Waals surface area contributed by atoms with Crippen molar-refractivity contribution in [3.63, 3.8) is 0 Å². The number of phenolic OH excluding ortho intramolecular Hbond substituents is 1. The van der Waals surface area contributed by atoms with E-state index in [0.717, 1.165) is 19.1 Å². The zero-order valence-corrected chi connectivity index (χ0v) is 17.0. The molecular formula is C17H14Cl2F5NOTi. The number of aryl methyl sites for hydroxylation is 1. The number of hydrogen-bond donors (Lipinski definition) is 1. The van der Waals surface area contributed by atoms with E-state index < -0.39 is 51.8 Å². The maximum atomic E-state index is 13.6. The first-order valence-corrected chi connectivity index (χ1v) is 11.9. The Balaban J connectivity index is 0.00000114. The van der Waals surface area contributed by atoms with Crippen LogP contribution in [0.2, 0.25) is 0 Å². The Bertz CT molecular complexity index is 791. The number of hydrogen-bond acceptors (Lipinski definition) is 2. The van der Waals surface area contributed by atoms with Crippen LogP contribution in [0.15, 0.2) is 23.2 Å². The third-order valence-corrected chi connectivity index (χ3v) is 3.47. The molecule has 2 nitrogen and oxygen atoms in total. The van der Waals surface area contributed by atoms with Gasteiger partial charge in [0.2, 0.25) is 5.82 Å². The number of aromatic hydroxyl groups is 1. The van der Waals surface area contributed by atoms with E-state index >= 15 is 0 Å². The van der Waals surface area contributed by atoms with Crippen LogP contribution in [0, 0.1) is 29.1 Å². The van der Waals surface area contributed by atoms with Crippen molar-refractivity contribution in [2.24, 2.45) is 4.99 Å². The normalized spacial score (nSPS) is 10.7. The number of unbranched alkanes of at least 4 members (excludes halogenated alkanes) is 1. The number of nitrogens with zero attached hydrogens (tertiary/aromatic N) is 1. The first-order valence-electron chi connectivity index (χ1n) is 7.62. The van der Waals surface area contributed by atoms with Gasteiger partial charge in [-0.1, -0.05) is 25.5 Å². The van der Waals surface area contributed by atoms with E-state index in [1.807, 2.05) is 6.92 Å². The molecule has 0 fully saturated rings. The van der Waals surface area contributed by atoms with Crippen LogP contribution in [-0.2, 0) is 23.5 Å². The van der Waals surface area contributed by atoms with Gasteiger partial charge in [-0.2, -0.15) is 0 Å². The summed E-state index contributed by atoms with van der Waals surface area (Å²) in [6, 6.07) is 4.70. The van der Waals surface area contributed by atoms with E-state index in [9.17, 15) is 27.1 Å². The number of para-hydroxylation sites is 1. The third kappa shape index (κ3) is 6.17. The fraction of sp³-hybridized carbons (Fsp3) is 0.235. The summed E-state index contributed by atoms with van der Waals surface area (Å²) >= 11 is -0.556. The van der Waals surface area contributed by atoms with Crippen LogP contribution in [0.4, 0.5) is 27.6 Å². The summed E-state index contributed by atoms with van der Waals surface area (Å²) in [4.78, 5) is 3.34. The van der Waals surface area contributed by atoms with Crippen molar-refractivity contribution in [1.82, 2.24) is 0 Å². The molecule has 0 heterocycles. The number of aliphatic imine (C=N–C) groups is 1. The number of benzene rings is 2. The SMILES string of the molecule is CCCCc1cccc(C=Nc2c(F)c(F)c(F)c(F)c2F)c1O.[Cl][Ti][Cl]. The number of phenols is 1. The van der Waals surface area contributed by atoms with Gasteiger partial charge >= 0.3 is 35.6 Å². The van der Waals surface area contributed by atoms with Crippen LogP contribution in [-0.4, -0.2) is 11.3 Å². The molecule has 146 valence electrons. The van der Waals surface area contributed by atoms with Gasteiger partial charge in [-0.05, 0) is 24.5 Å². The Morgan fingerprint density at radius 3 is 2.04 bits per heavy atom. The molecule has 27 heavy (non-hydrogen) atoms. The van der Waals surface area contributed by atoms with Crippen LogP contribution in [0.3, 0.4) is 0 Å². The van der Waals surface area contributed by atoms with E-state index in [-0.39, 0.29) is 11.3 Å². The quantitative estimate of drug-likeness (QED) is 0.177. The molecule has 0 spiro atoms. The molecule has 0 aromatic heterocycles. The summed E-state index contributed by atoms with van der Waals surface area (Å²) in [5, 5.41) is 10.1. The molecule has 0 aliphatic rings. The zero-order chi connectivity index (χ0) is 20.6. The second kappa shape index (κ2) is 11.6. The number of rotatable bonds is 5. The summed E-state index contributed by atoms with van der Waals surface area (Å²) in [6.07, 6.45) is 3.18. The van der Waals surface area contributed by atoms with Gasteiger partial charge in [0.05, 0.1) is 0 Å². The molecule has 0 bridgehead atoms. The predicted octanol–water partition coefficient (Wildman–Crippen LogP) is 6.56. The first-order chi connectivity index (χ1) is 12.8. The molecule has 2 rings (SSSR count). The van der Waals surface area contributed by atoms with Gasteiger partial charge in [-0.3, -0.25) is 0 Å². The molecule has 0 aliphatic heterocycles. The Hall–Kier alpha value is -1.15. The van der Waals surface area contributed by atoms with Gasteiger partial charge in [-0.25, -0.2) is 26.9 Å². The first kappa shape index (κ1) is 23.9. The van der Waals surface area contributed by atoms with Crippen LogP contribution in [0.1, 0.15) is 30.9 Å². The summed E-state index contributed by atoms with van der Waals surface area (Å²) in [7, 11) is 9.78. The van der Waals surface area contributed by atoms with Crippen molar-refractivity contribution >= 4 is 30.5 Å². The summed E-state index contributed by atoms with van der Waals surface area (Å²) in [6.45, 7) is 1.98. The fourth-order valence-electron chi connectivity index (χ4n) is 2.13. The Morgan fingerprint density at radius 1 is 1.00 bits per heavy atom. The minimum absolute atomic E-state index is 0.118. The second-order valence-electron chi connectivity index (χ2n) is 5.21. The molecule has 0 amide bonds. The molecule has 0 saturated heterocycles. The maximum absolute atomic E-state index is 13.6. The van der Waals surface area contributed by atoms with E-state index in [4.69, 9.17) is 18.6 Å². The van der Waals surface area contributed by atoms with Crippen LogP contribution in [0.25, 0.3) is 0 Å². The average molecular weight is 462 g/mol. The Kier molecular flexibility index (Phi) is 10.3. The van der Waals surface area contributed by atoms with Crippen molar-refractivity contribution in [2.45, 2.75) is 26.2 Å². The van der Waals surface area contributed by atoms with E-state index in [0.29, 0.717) is 12.0 Å². The van der Waals surface area contributed by atoms with Gasteiger partial charge in [0.15, 0.2) is 23.3 Å². The van der Waals surface area contributed by atoms with Gasteiger partial charge in [0.1, 0.15) is 11.4 Å². The van der Waals surface area contributed by atoms with Crippen molar-refractivity contribution in [3.8, 4) is 5.75 Å². The molecule has 0 saturated carbocycles. The Morgan fingerprint density at radius 2 is 1.52 bits per heavy atom. The molecule has 0 unspecified atom stereocenters. The molecule has 0 aliphatic carbocycles. The monoisotopic (exact) mass is 461 g/mol. The van der Waals surface area contributed by atoms with Crippen LogP contribution < -0.4 is 0 Å². The molecule has 1 N–H and O–H groups in total. The Labute approximate surface area is 169 Å². The molecule has 0 atom stereocenters. The van der Waals surface area contributed by atoms with Crippen molar-refractivity contribution in [2.75, 3.05) is 0 Å². The van der Waals surface area contributed by atoms with Crippen LogP contribution >= 0.6 is 18.6 Å². The topological polar surface area (TPSA) is 32.6 Å². The average Bonchev–Trinajstić information content (AvgIpc) is 2.65. The minimum atomic E-state index is -2.24. The fourth-order valence-corrected chi connectivity index (χ4v) is 2.13. The summed E-state index contributed by atoms with van der Waals surface area (Å²) < 4.78 is 66.3. The summed E-state index contributed by atoms with van der Waals surface area (Å²) in [5.41, 5.74) is -0.574. The van der Waals surface area contributed by atoms with Crippen LogP contribution in [0.5, 0.6) is 5.75 Å². The van der Waals surface area contributed by atoms with Crippen molar-refractivity contribution in [1.29, 1.82) is 0 Å². The van der Waals surface area contributed by atoms with Crippen molar-refractivity contribution in [3.05, 3.63) is 58.4 Å². The molecule has 0 radical (unpaired) electrons. The van der Waals surface area contributed by atoms with E-state index in [1.165, 1.54) is 6.07 Å². The summed E-state index contributed by atoms with van der Waals surface area (Å²) in [5.74, 6) is -10.6. The molecular weight excluding hydrogens is 448 g/mol. The van der Waals surface area contributed by atoms with Gasteiger partial charge in [0, 0.05) is 11.8 Å². The third-order valence-electron chi connectivity index (χ3n) is 3.47. The standard InChI is InChI=1S/C17H14F5NO.2ClH.Ti/c1-2-3-5-9-6-4-7-10(17(9)24)8-23-16-14(21)12(19)11(18)13(20)15(16)22;;;/h4,6-8,24H,2-3,5H2,1H3;2*1H;/q;;;+2/p-2. The zero-order valence-electron chi connectivity index (χ0n) is 14.0. The molecule has 2 aromatic carbocycles. The van der Waals surface area contributed by atoms with E-state index in [2.05, 4.69) is 4.99 Å². The van der Waals surface area contributed by atoms with Gasteiger partial charge in [-0.15, -0.1) is 0 Å². The van der Waals surface area contributed by atoms with Crippen molar-refractivity contribution < 1.29 is 44.1 Å². The molecule has 10 heteroatoms. The van der Waals surface area contributed by atoms with E-state index in [1.54, 1.807) is 12.1 Å². The number of halogens is 7. The van der Waals surface area contributed by atoms with Gasteiger partial charge in [0.25, 0.3) is 0 Å². The van der Waals surface area contributed by atoms with Gasteiger partial charge < -0.3 is 5.11 Å². The molecule has 2 aromatic rings. The predicted molar refractivity (Wildman–Crippen MR) is 91.9 cm³/mol. The second-order valence-corrected chi connectivity index (χ2v) is 7.79.